The van der Waals surface area contributed by atoms with Crippen LogP contribution in [0.15, 0.2) is 76.4 Å². The van der Waals surface area contributed by atoms with Crippen molar-refractivity contribution in [1.29, 1.82) is 0 Å². The van der Waals surface area contributed by atoms with Crippen LogP contribution in [0.25, 0.3) is 22.2 Å². The average molecular weight is 558 g/mol. The van der Waals surface area contributed by atoms with Gasteiger partial charge in [0.1, 0.15) is 17.4 Å². The summed E-state index contributed by atoms with van der Waals surface area (Å²) in [6.07, 6.45) is 5.24. The van der Waals surface area contributed by atoms with Crippen LogP contribution in [0.2, 0.25) is 0 Å². The maximum atomic E-state index is 14.9. The van der Waals surface area contributed by atoms with Crippen molar-refractivity contribution in [2.45, 2.75) is 17.9 Å². The molecular weight excluding hydrogens is 539 g/mol. The summed E-state index contributed by atoms with van der Waals surface area (Å²) in [5, 5.41) is 5.32. The summed E-state index contributed by atoms with van der Waals surface area (Å²) in [6, 6.07) is 13.7. The van der Waals surface area contributed by atoms with Crippen LogP contribution >= 0.6 is 27.7 Å². The minimum atomic E-state index is -0.524. The van der Waals surface area contributed by atoms with E-state index in [9.17, 15) is 13.2 Å². The van der Waals surface area contributed by atoms with Crippen LogP contribution < -0.4 is 4.74 Å². The van der Waals surface area contributed by atoms with Gasteiger partial charge in [0.25, 0.3) is 0 Å². The lowest BCUT2D eigenvalue weighted by Crippen LogP contribution is -2.09. The standard InChI is InChI=1S/C26H19BrF3N3OS/c1-14(16-4-3-5-19(27)24(16)30)33-11-9-22(32-33)18-12-15(6-7-20(18)28)34-25-21(29)13-23-17(8-10-31-23)26(25)35-2/h3-14,31H,1-2H3. The molecule has 1 unspecified atom stereocenters. The van der Waals surface area contributed by atoms with Crippen molar-refractivity contribution in [3.8, 4) is 22.8 Å². The second kappa shape index (κ2) is 9.47. The summed E-state index contributed by atoms with van der Waals surface area (Å²) >= 11 is 4.57. The van der Waals surface area contributed by atoms with Gasteiger partial charge in [0.05, 0.1) is 21.1 Å². The molecule has 2 heterocycles. The van der Waals surface area contributed by atoms with Gasteiger partial charge in [-0.25, -0.2) is 13.2 Å². The number of benzene rings is 3. The summed E-state index contributed by atoms with van der Waals surface area (Å²) in [6.45, 7) is 1.81. The summed E-state index contributed by atoms with van der Waals surface area (Å²) in [5.41, 5.74) is 1.66. The predicted molar refractivity (Wildman–Crippen MR) is 136 cm³/mol. The Balaban J connectivity index is 1.49. The second-order valence-electron chi connectivity index (χ2n) is 7.90. The minimum Gasteiger partial charge on any atom is -0.453 e. The fourth-order valence-corrected chi connectivity index (χ4v) is 5.09. The summed E-state index contributed by atoms with van der Waals surface area (Å²) in [5.74, 6) is -1.05. The Morgan fingerprint density at radius 1 is 1.06 bits per heavy atom. The zero-order valence-corrected chi connectivity index (χ0v) is 21.1. The first-order valence-electron chi connectivity index (χ1n) is 10.7. The molecule has 0 aliphatic heterocycles. The highest BCUT2D eigenvalue weighted by atomic mass is 79.9. The average Bonchev–Trinajstić information content (AvgIpc) is 3.52. The van der Waals surface area contributed by atoms with E-state index in [1.54, 1.807) is 48.3 Å². The van der Waals surface area contributed by atoms with E-state index in [2.05, 4.69) is 26.0 Å². The number of fused-ring (bicyclic) bond motifs is 1. The molecule has 0 aliphatic carbocycles. The normalized spacial score (nSPS) is 12.3. The maximum absolute atomic E-state index is 14.9. The van der Waals surface area contributed by atoms with Crippen molar-refractivity contribution < 1.29 is 17.9 Å². The highest BCUT2D eigenvalue weighted by Gasteiger charge is 2.19. The van der Waals surface area contributed by atoms with Crippen molar-refractivity contribution in [3.05, 3.63) is 94.5 Å². The molecule has 0 amide bonds. The van der Waals surface area contributed by atoms with Crippen LogP contribution in [0.4, 0.5) is 13.2 Å². The van der Waals surface area contributed by atoms with Gasteiger partial charge in [-0.15, -0.1) is 11.8 Å². The molecule has 0 bridgehead atoms. The predicted octanol–water partition coefficient (Wildman–Crippen LogP) is 8.33. The molecule has 1 atom stereocenters. The number of ether oxygens (including phenoxy) is 1. The van der Waals surface area contributed by atoms with E-state index < -0.39 is 17.7 Å². The lowest BCUT2D eigenvalue weighted by molar-refractivity contribution is 0.432. The van der Waals surface area contributed by atoms with E-state index in [0.29, 0.717) is 26.1 Å². The van der Waals surface area contributed by atoms with Gasteiger partial charge in [0.15, 0.2) is 11.6 Å². The Hall–Kier alpha value is -3.17. The molecule has 0 saturated carbocycles. The van der Waals surface area contributed by atoms with Crippen molar-refractivity contribution in [3.63, 3.8) is 0 Å². The van der Waals surface area contributed by atoms with Crippen LogP contribution in [0.1, 0.15) is 18.5 Å². The monoisotopic (exact) mass is 557 g/mol. The van der Waals surface area contributed by atoms with E-state index in [4.69, 9.17) is 4.74 Å². The number of aromatic nitrogens is 3. The fourth-order valence-electron chi connectivity index (χ4n) is 3.99. The van der Waals surface area contributed by atoms with Gasteiger partial charge in [-0.05, 0) is 65.5 Å². The molecule has 5 aromatic rings. The summed E-state index contributed by atoms with van der Waals surface area (Å²) in [7, 11) is 0. The third-order valence-corrected chi connectivity index (χ3v) is 7.22. The quantitative estimate of drug-likeness (QED) is 0.213. The molecule has 0 radical (unpaired) electrons. The van der Waals surface area contributed by atoms with Crippen molar-refractivity contribution in [2.75, 3.05) is 6.26 Å². The Morgan fingerprint density at radius 2 is 1.89 bits per heavy atom. The van der Waals surface area contributed by atoms with E-state index in [1.165, 1.54) is 36.0 Å². The highest BCUT2D eigenvalue weighted by Crippen LogP contribution is 2.40. The van der Waals surface area contributed by atoms with Gasteiger partial charge >= 0.3 is 0 Å². The molecule has 0 saturated heterocycles. The van der Waals surface area contributed by atoms with Gasteiger partial charge in [-0.3, -0.25) is 4.68 Å². The summed E-state index contributed by atoms with van der Waals surface area (Å²) < 4.78 is 52.1. The Bertz CT molecular complexity index is 1550. The number of thioether (sulfide) groups is 1. The van der Waals surface area contributed by atoms with Gasteiger partial charge in [-0.2, -0.15) is 5.10 Å². The number of aromatic amines is 1. The number of halogens is 4. The number of nitrogens with zero attached hydrogens (tertiary/aromatic N) is 2. The third kappa shape index (κ3) is 4.34. The first-order valence-corrected chi connectivity index (χ1v) is 12.7. The number of H-pyrrole nitrogens is 1. The first-order chi connectivity index (χ1) is 16.9. The SMILES string of the molecule is CSc1c(Oc2ccc(F)c(-c3ccn(C(C)c4cccc(Br)c4F)n3)c2)c(F)cc2[nH]ccc12. The molecule has 0 spiro atoms. The molecule has 3 aromatic carbocycles. The minimum absolute atomic E-state index is 0.0754. The lowest BCUT2D eigenvalue weighted by atomic mass is 10.1. The Kier molecular flexibility index (Phi) is 6.37. The van der Waals surface area contributed by atoms with Crippen LogP contribution in [0.3, 0.4) is 0 Å². The van der Waals surface area contributed by atoms with Crippen molar-refractivity contribution >= 4 is 38.6 Å². The molecule has 0 aliphatic rings. The highest BCUT2D eigenvalue weighted by molar-refractivity contribution is 9.10. The molecule has 35 heavy (non-hydrogen) atoms. The van der Waals surface area contributed by atoms with Crippen LogP contribution in [0.5, 0.6) is 11.5 Å². The van der Waals surface area contributed by atoms with E-state index in [1.807, 2.05) is 12.3 Å². The third-order valence-electron chi connectivity index (χ3n) is 5.79. The molecule has 2 aromatic heterocycles. The zero-order chi connectivity index (χ0) is 24.7. The van der Waals surface area contributed by atoms with Crippen LogP contribution in [-0.4, -0.2) is 21.0 Å². The molecule has 5 rings (SSSR count). The number of nitrogens with one attached hydrogen (secondary N) is 1. The lowest BCUT2D eigenvalue weighted by Gasteiger charge is -2.14. The smallest absolute Gasteiger partial charge is 0.177 e. The van der Waals surface area contributed by atoms with E-state index >= 15 is 0 Å². The number of hydrogen-bond acceptors (Lipinski definition) is 3. The van der Waals surface area contributed by atoms with Crippen LogP contribution in [-0.2, 0) is 0 Å². The van der Waals surface area contributed by atoms with Crippen molar-refractivity contribution in [2.24, 2.45) is 0 Å². The fraction of sp³-hybridized carbons (Fsp3) is 0.115. The zero-order valence-electron chi connectivity index (χ0n) is 18.7. The largest absolute Gasteiger partial charge is 0.453 e. The molecule has 4 nitrogen and oxygen atoms in total. The van der Waals surface area contributed by atoms with E-state index in [0.717, 1.165) is 5.39 Å². The van der Waals surface area contributed by atoms with Gasteiger partial charge in [-0.1, -0.05) is 12.1 Å². The maximum Gasteiger partial charge on any atom is 0.177 e. The van der Waals surface area contributed by atoms with E-state index in [-0.39, 0.29) is 22.9 Å². The molecule has 0 fully saturated rings. The Labute approximate surface area is 212 Å². The second-order valence-corrected chi connectivity index (χ2v) is 9.57. The first kappa shape index (κ1) is 23.6. The molecular formula is C26H19BrF3N3OS. The molecule has 178 valence electrons. The number of hydrogen-bond donors (Lipinski definition) is 1. The van der Waals surface area contributed by atoms with Crippen molar-refractivity contribution in [1.82, 2.24) is 14.8 Å². The topological polar surface area (TPSA) is 42.8 Å². The molecule has 9 heteroatoms. The van der Waals surface area contributed by atoms with Gasteiger partial charge in [0.2, 0.25) is 0 Å². The molecule has 1 N–H and O–H groups in total. The summed E-state index contributed by atoms with van der Waals surface area (Å²) in [4.78, 5) is 3.64. The number of rotatable bonds is 6. The Morgan fingerprint density at radius 3 is 2.69 bits per heavy atom. The van der Waals surface area contributed by atoms with Gasteiger partial charge in [0, 0.05) is 40.5 Å². The van der Waals surface area contributed by atoms with Gasteiger partial charge < -0.3 is 9.72 Å². The van der Waals surface area contributed by atoms with Crippen LogP contribution in [0, 0.1) is 17.5 Å².